The molecule has 3 aromatic rings. The first-order valence-corrected chi connectivity index (χ1v) is 10.1. The minimum atomic E-state index is -3.76. The van der Waals surface area contributed by atoms with Gasteiger partial charge >= 0.3 is 0 Å². The van der Waals surface area contributed by atoms with Crippen molar-refractivity contribution in [3.63, 3.8) is 0 Å². The SMILES string of the molecule is CCOc1cccc2cc(C(C)NS(=O)(=O)c3ccc(C(C)=O)cc3)oc12. The Morgan fingerprint density at radius 1 is 1.19 bits per heavy atom. The van der Waals surface area contributed by atoms with Crippen molar-refractivity contribution < 1.29 is 22.4 Å². The number of carbonyl (C=O) groups excluding carboxylic acids is 1. The maximum atomic E-state index is 12.6. The molecule has 1 atom stereocenters. The van der Waals surface area contributed by atoms with Crippen molar-refractivity contribution in [1.82, 2.24) is 4.72 Å². The molecule has 0 spiro atoms. The number of fused-ring (bicyclic) bond motifs is 1. The molecule has 3 rings (SSSR count). The van der Waals surface area contributed by atoms with Crippen LogP contribution < -0.4 is 9.46 Å². The Morgan fingerprint density at radius 3 is 2.52 bits per heavy atom. The predicted molar refractivity (Wildman–Crippen MR) is 103 cm³/mol. The maximum absolute atomic E-state index is 12.6. The third kappa shape index (κ3) is 4.04. The Kier molecular flexibility index (Phi) is 5.34. The van der Waals surface area contributed by atoms with Crippen molar-refractivity contribution in [2.24, 2.45) is 0 Å². The van der Waals surface area contributed by atoms with Crippen molar-refractivity contribution in [2.45, 2.75) is 31.7 Å². The quantitative estimate of drug-likeness (QED) is 0.618. The molecule has 0 aliphatic heterocycles. The summed E-state index contributed by atoms with van der Waals surface area (Å²) in [6.45, 7) is 5.53. The largest absolute Gasteiger partial charge is 0.490 e. The smallest absolute Gasteiger partial charge is 0.241 e. The molecule has 0 aliphatic rings. The lowest BCUT2D eigenvalue weighted by atomic mass is 10.2. The summed E-state index contributed by atoms with van der Waals surface area (Å²) in [4.78, 5) is 11.4. The van der Waals surface area contributed by atoms with E-state index in [0.717, 1.165) is 5.39 Å². The van der Waals surface area contributed by atoms with E-state index in [9.17, 15) is 13.2 Å². The zero-order valence-corrected chi connectivity index (χ0v) is 16.2. The maximum Gasteiger partial charge on any atom is 0.241 e. The number of carbonyl (C=O) groups is 1. The van der Waals surface area contributed by atoms with Crippen LogP contribution in [0.25, 0.3) is 11.0 Å². The van der Waals surface area contributed by atoms with Crippen molar-refractivity contribution in [1.29, 1.82) is 0 Å². The first-order chi connectivity index (χ1) is 12.8. The van der Waals surface area contributed by atoms with Crippen molar-refractivity contribution >= 4 is 26.8 Å². The first kappa shape index (κ1) is 19.1. The van der Waals surface area contributed by atoms with Gasteiger partial charge in [0.05, 0.1) is 17.5 Å². The highest BCUT2D eigenvalue weighted by molar-refractivity contribution is 7.89. The number of benzene rings is 2. The van der Waals surface area contributed by atoms with Gasteiger partial charge in [-0.1, -0.05) is 24.3 Å². The van der Waals surface area contributed by atoms with Gasteiger partial charge in [-0.05, 0) is 45.0 Å². The van der Waals surface area contributed by atoms with E-state index < -0.39 is 16.1 Å². The van der Waals surface area contributed by atoms with Crippen LogP contribution in [0.5, 0.6) is 5.75 Å². The van der Waals surface area contributed by atoms with E-state index in [0.29, 0.717) is 29.3 Å². The van der Waals surface area contributed by atoms with Crippen LogP contribution >= 0.6 is 0 Å². The molecule has 1 heterocycles. The molecular formula is C20H21NO5S. The Bertz CT molecular complexity index is 1070. The summed E-state index contributed by atoms with van der Waals surface area (Å²) >= 11 is 0. The Morgan fingerprint density at radius 2 is 1.89 bits per heavy atom. The molecule has 1 unspecified atom stereocenters. The molecule has 1 aromatic heterocycles. The molecule has 0 fully saturated rings. The number of Topliss-reactive ketones (excluding diaryl/α,β-unsaturated/α-hetero) is 1. The van der Waals surface area contributed by atoms with Crippen LogP contribution in [0.2, 0.25) is 0 Å². The van der Waals surface area contributed by atoms with E-state index in [2.05, 4.69) is 4.72 Å². The average Bonchev–Trinajstić information content (AvgIpc) is 3.07. The minimum absolute atomic E-state index is 0.0884. The molecule has 142 valence electrons. The molecule has 7 heteroatoms. The van der Waals surface area contributed by atoms with Gasteiger partial charge in [-0.2, -0.15) is 0 Å². The zero-order valence-electron chi connectivity index (χ0n) is 15.4. The topological polar surface area (TPSA) is 85.6 Å². The zero-order chi connectivity index (χ0) is 19.6. The van der Waals surface area contributed by atoms with Gasteiger partial charge in [0.2, 0.25) is 10.0 Å². The number of rotatable bonds is 7. The van der Waals surface area contributed by atoms with Gasteiger partial charge < -0.3 is 9.15 Å². The molecule has 0 aliphatic carbocycles. The summed E-state index contributed by atoms with van der Waals surface area (Å²) in [5.41, 5.74) is 1.05. The number of ketones is 1. The summed E-state index contributed by atoms with van der Waals surface area (Å²) in [5.74, 6) is 0.991. The molecule has 2 aromatic carbocycles. The van der Waals surface area contributed by atoms with Gasteiger partial charge in [-0.15, -0.1) is 0 Å². The van der Waals surface area contributed by atoms with Crippen molar-refractivity contribution in [2.75, 3.05) is 6.61 Å². The van der Waals surface area contributed by atoms with Crippen LogP contribution in [0.3, 0.4) is 0 Å². The fourth-order valence-electron chi connectivity index (χ4n) is 2.77. The van der Waals surface area contributed by atoms with Crippen LogP contribution in [-0.4, -0.2) is 20.8 Å². The highest BCUT2D eigenvalue weighted by Crippen LogP contribution is 2.31. The number of para-hydroxylation sites is 1. The molecule has 0 bridgehead atoms. The molecule has 0 radical (unpaired) electrons. The standard InChI is InChI=1S/C20H21NO5S/c1-4-25-18-7-5-6-16-12-19(26-20(16)18)13(2)21-27(23,24)17-10-8-15(9-11-17)14(3)22/h5-13,21H,4H2,1-3H3. The van der Waals surface area contributed by atoms with E-state index in [4.69, 9.17) is 9.15 Å². The minimum Gasteiger partial charge on any atom is -0.490 e. The fourth-order valence-corrected chi connectivity index (χ4v) is 3.98. The van der Waals surface area contributed by atoms with Crippen molar-refractivity contribution in [3.05, 3.63) is 59.9 Å². The highest BCUT2D eigenvalue weighted by atomic mass is 32.2. The van der Waals surface area contributed by atoms with E-state index in [1.807, 2.05) is 25.1 Å². The predicted octanol–water partition coefficient (Wildman–Crippen LogP) is 4.07. The molecule has 0 amide bonds. The van der Waals surface area contributed by atoms with Crippen LogP contribution in [0, 0.1) is 0 Å². The lowest BCUT2D eigenvalue weighted by Crippen LogP contribution is -2.26. The van der Waals surface area contributed by atoms with Gasteiger partial charge in [0.25, 0.3) is 0 Å². The van der Waals surface area contributed by atoms with Crippen LogP contribution in [0.1, 0.15) is 42.9 Å². The second-order valence-corrected chi connectivity index (χ2v) is 7.89. The molecule has 6 nitrogen and oxygen atoms in total. The summed E-state index contributed by atoms with van der Waals surface area (Å²) in [7, 11) is -3.76. The third-order valence-electron chi connectivity index (χ3n) is 4.16. The second kappa shape index (κ2) is 7.54. The first-order valence-electron chi connectivity index (χ1n) is 8.60. The van der Waals surface area contributed by atoms with Crippen LogP contribution in [-0.2, 0) is 10.0 Å². The van der Waals surface area contributed by atoms with Crippen molar-refractivity contribution in [3.8, 4) is 5.75 Å². The third-order valence-corrected chi connectivity index (χ3v) is 5.71. The van der Waals surface area contributed by atoms with Gasteiger partial charge in [0.15, 0.2) is 17.1 Å². The molecule has 0 saturated carbocycles. The van der Waals surface area contributed by atoms with Crippen LogP contribution in [0.15, 0.2) is 57.8 Å². The number of nitrogens with one attached hydrogen (secondary N) is 1. The lowest BCUT2D eigenvalue weighted by molar-refractivity contribution is 0.101. The highest BCUT2D eigenvalue weighted by Gasteiger charge is 2.21. The Balaban J connectivity index is 1.85. The molecule has 27 heavy (non-hydrogen) atoms. The number of sulfonamides is 1. The molecule has 0 saturated heterocycles. The number of hydrogen-bond acceptors (Lipinski definition) is 5. The average molecular weight is 387 g/mol. The normalized spacial score (nSPS) is 12.9. The van der Waals surface area contributed by atoms with E-state index in [-0.39, 0.29) is 10.7 Å². The Hall–Kier alpha value is -2.64. The fraction of sp³-hybridized carbons (Fsp3) is 0.250. The van der Waals surface area contributed by atoms with E-state index in [1.54, 1.807) is 13.0 Å². The summed E-state index contributed by atoms with van der Waals surface area (Å²) in [6, 6.07) is 12.6. The summed E-state index contributed by atoms with van der Waals surface area (Å²) < 4.78 is 39.2. The number of ether oxygens (including phenoxy) is 1. The number of hydrogen-bond donors (Lipinski definition) is 1. The van der Waals surface area contributed by atoms with Gasteiger partial charge in [0.1, 0.15) is 5.76 Å². The second-order valence-electron chi connectivity index (χ2n) is 6.18. The molecular weight excluding hydrogens is 366 g/mol. The Labute approximate surface area is 158 Å². The summed E-state index contributed by atoms with van der Waals surface area (Å²) in [6.07, 6.45) is 0. The lowest BCUT2D eigenvalue weighted by Gasteiger charge is -2.12. The van der Waals surface area contributed by atoms with Gasteiger partial charge in [-0.3, -0.25) is 4.79 Å². The van der Waals surface area contributed by atoms with Gasteiger partial charge in [0, 0.05) is 10.9 Å². The monoisotopic (exact) mass is 387 g/mol. The summed E-state index contributed by atoms with van der Waals surface area (Å²) in [5, 5.41) is 0.841. The molecule has 1 N–H and O–H groups in total. The number of furan rings is 1. The van der Waals surface area contributed by atoms with E-state index in [1.165, 1.54) is 31.2 Å². The van der Waals surface area contributed by atoms with E-state index >= 15 is 0 Å². The van der Waals surface area contributed by atoms with Crippen LogP contribution in [0.4, 0.5) is 0 Å². The van der Waals surface area contributed by atoms with Gasteiger partial charge in [-0.25, -0.2) is 13.1 Å².